The molecule has 0 atom stereocenters. The Bertz CT molecular complexity index is 223. The van der Waals surface area contributed by atoms with Crippen molar-refractivity contribution >= 4 is 0 Å². The lowest BCUT2D eigenvalue weighted by Crippen LogP contribution is -2.43. The van der Waals surface area contributed by atoms with Crippen molar-refractivity contribution in [3.63, 3.8) is 0 Å². The predicted octanol–water partition coefficient (Wildman–Crippen LogP) is 0.903. The zero-order chi connectivity index (χ0) is 8.27. The van der Waals surface area contributed by atoms with E-state index in [1.807, 2.05) is 12.3 Å². The first kappa shape index (κ1) is 8.05. The number of aromatic nitrogens is 1. The summed E-state index contributed by atoms with van der Waals surface area (Å²) in [5, 5.41) is 0. The highest BCUT2D eigenvalue weighted by molar-refractivity contribution is 5.13. The molecule has 2 heteroatoms. The molecule has 1 rings (SSSR count). The van der Waals surface area contributed by atoms with E-state index >= 15 is 0 Å². The number of nitrogens with zero attached hydrogens (tertiary/aromatic N) is 1. The summed E-state index contributed by atoms with van der Waals surface area (Å²) < 4.78 is 1.78. The average molecular weight is 152 g/mol. The van der Waals surface area contributed by atoms with Crippen LogP contribution < -0.4 is 9.57 Å². The molecule has 0 aliphatic heterocycles. The third-order valence-electron chi connectivity index (χ3n) is 1.89. The molecular formula is C9H14NO+. The van der Waals surface area contributed by atoms with Gasteiger partial charge in [0.05, 0.1) is 0 Å². The molecule has 0 N–H and O–H groups in total. The molecule has 0 aliphatic carbocycles. The van der Waals surface area contributed by atoms with Crippen LogP contribution in [0.4, 0.5) is 0 Å². The fraction of sp³-hybridized carbons (Fsp3) is 0.444. The average Bonchev–Trinajstić information content (AvgIpc) is 2.05. The predicted molar refractivity (Wildman–Crippen MR) is 43.3 cm³/mol. The van der Waals surface area contributed by atoms with Gasteiger partial charge in [-0.2, -0.15) is 0 Å². The monoisotopic (exact) mass is 152 g/mol. The molecule has 2 nitrogen and oxygen atoms in total. The van der Waals surface area contributed by atoms with E-state index in [2.05, 4.69) is 19.9 Å². The second-order valence-electron chi connectivity index (χ2n) is 2.48. The van der Waals surface area contributed by atoms with E-state index < -0.39 is 0 Å². The maximum absolute atomic E-state index is 5.10. The quantitative estimate of drug-likeness (QED) is 0.574. The number of hydrogen-bond donors (Lipinski definition) is 0. The Morgan fingerprint density at radius 1 is 1.55 bits per heavy atom. The largest absolute Gasteiger partial charge is 0.274 e. The first-order valence-corrected chi connectivity index (χ1v) is 3.84. The van der Waals surface area contributed by atoms with Crippen molar-refractivity contribution in [3.05, 3.63) is 29.6 Å². The topological polar surface area (TPSA) is 13.1 Å². The summed E-state index contributed by atoms with van der Waals surface area (Å²) in [5.74, 6) is 0. The number of rotatable bonds is 2. The Hall–Kier alpha value is -1.05. The molecule has 11 heavy (non-hydrogen) atoms. The van der Waals surface area contributed by atoms with E-state index in [0.29, 0.717) is 0 Å². The lowest BCUT2D eigenvalue weighted by Gasteiger charge is -1.98. The highest BCUT2D eigenvalue weighted by Gasteiger charge is 2.08. The molecule has 0 bridgehead atoms. The lowest BCUT2D eigenvalue weighted by atomic mass is 10.1. The van der Waals surface area contributed by atoms with Crippen LogP contribution in [0.3, 0.4) is 0 Å². The summed E-state index contributed by atoms with van der Waals surface area (Å²) in [4.78, 5) is 5.10. The van der Waals surface area contributed by atoms with Crippen LogP contribution in [0.5, 0.6) is 0 Å². The van der Waals surface area contributed by atoms with Gasteiger partial charge in [-0.25, -0.2) is 0 Å². The van der Waals surface area contributed by atoms with Crippen LogP contribution in [0, 0.1) is 6.92 Å². The maximum atomic E-state index is 5.10. The van der Waals surface area contributed by atoms with Gasteiger partial charge >= 0.3 is 0 Å². The zero-order valence-electron chi connectivity index (χ0n) is 7.29. The lowest BCUT2D eigenvalue weighted by molar-refractivity contribution is -0.889. The summed E-state index contributed by atoms with van der Waals surface area (Å²) in [6.07, 6.45) is 2.96. The third-order valence-corrected chi connectivity index (χ3v) is 1.89. The van der Waals surface area contributed by atoms with E-state index in [-0.39, 0.29) is 0 Å². The van der Waals surface area contributed by atoms with Gasteiger partial charge in [0.25, 0.3) is 0 Å². The minimum Gasteiger partial charge on any atom is -0.274 e. The Morgan fingerprint density at radius 3 is 2.82 bits per heavy atom. The van der Waals surface area contributed by atoms with Crippen LogP contribution in [0.25, 0.3) is 0 Å². The van der Waals surface area contributed by atoms with Gasteiger partial charge in [-0.05, 0) is 12.5 Å². The van der Waals surface area contributed by atoms with Crippen molar-refractivity contribution in [3.8, 4) is 0 Å². The zero-order valence-corrected chi connectivity index (χ0v) is 7.29. The van der Waals surface area contributed by atoms with E-state index in [1.54, 1.807) is 11.8 Å². The summed E-state index contributed by atoms with van der Waals surface area (Å²) in [6.45, 7) is 4.20. The molecule has 0 saturated heterocycles. The number of pyridine rings is 1. The first-order chi connectivity index (χ1) is 5.29. The molecule has 60 valence electrons. The van der Waals surface area contributed by atoms with Gasteiger partial charge in [0, 0.05) is 23.3 Å². The Morgan fingerprint density at radius 2 is 2.27 bits per heavy atom. The molecule has 0 aliphatic rings. The normalized spacial score (nSPS) is 9.73. The molecule has 0 unspecified atom stereocenters. The molecule has 0 saturated carbocycles. The van der Waals surface area contributed by atoms with Gasteiger partial charge in [0.15, 0.2) is 0 Å². The summed E-state index contributed by atoms with van der Waals surface area (Å²) in [6, 6.07) is 4.11. The Labute approximate surface area is 67.4 Å². The van der Waals surface area contributed by atoms with Crippen molar-refractivity contribution in [2.45, 2.75) is 20.3 Å². The van der Waals surface area contributed by atoms with Crippen LogP contribution in [0.1, 0.15) is 18.2 Å². The fourth-order valence-electron chi connectivity index (χ4n) is 1.18. The highest BCUT2D eigenvalue weighted by Crippen LogP contribution is 2.01. The molecule has 0 amide bonds. The molecular weight excluding hydrogens is 138 g/mol. The molecule has 0 radical (unpaired) electrons. The second-order valence-corrected chi connectivity index (χ2v) is 2.48. The third kappa shape index (κ3) is 1.50. The van der Waals surface area contributed by atoms with Crippen molar-refractivity contribution in [1.82, 2.24) is 0 Å². The van der Waals surface area contributed by atoms with Crippen molar-refractivity contribution in [2.75, 3.05) is 7.11 Å². The van der Waals surface area contributed by atoms with Crippen LogP contribution in [0.15, 0.2) is 18.3 Å². The van der Waals surface area contributed by atoms with E-state index in [9.17, 15) is 0 Å². The Balaban J connectivity index is 3.10. The van der Waals surface area contributed by atoms with Gasteiger partial charge in [-0.3, -0.25) is 4.84 Å². The minimum atomic E-state index is 1.05. The van der Waals surface area contributed by atoms with Crippen LogP contribution in [0.2, 0.25) is 0 Å². The van der Waals surface area contributed by atoms with E-state index in [0.717, 1.165) is 6.42 Å². The van der Waals surface area contributed by atoms with Crippen molar-refractivity contribution < 1.29 is 9.57 Å². The smallest absolute Gasteiger partial charge is 0.234 e. The first-order valence-electron chi connectivity index (χ1n) is 3.84. The Kier molecular flexibility index (Phi) is 2.47. The van der Waals surface area contributed by atoms with Crippen LogP contribution in [-0.4, -0.2) is 7.11 Å². The molecule has 0 spiro atoms. The maximum Gasteiger partial charge on any atom is 0.234 e. The molecule has 1 aromatic heterocycles. The number of hydrogen-bond acceptors (Lipinski definition) is 1. The van der Waals surface area contributed by atoms with Crippen LogP contribution in [-0.2, 0) is 6.42 Å². The molecule has 0 aromatic carbocycles. The molecule has 0 fully saturated rings. The van der Waals surface area contributed by atoms with E-state index in [1.165, 1.54) is 11.3 Å². The van der Waals surface area contributed by atoms with E-state index in [4.69, 9.17) is 4.84 Å². The van der Waals surface area contributed by atoms with Gasteiger partial charge in [0.2, 0.25) is 11.9 Å². The van der Waals surface area contributed by atoms with Gasteiger partial charge < -0.3 is 0 Å². The van der Waals surface area contributed by atoms with Gasteiger partial charge in [0.1, 0.15) is 7.11 Å². The summed E-state index contributed by atoms with van der Waals surface area (Å²) in [7, 11) is 1.67. The minimum absolute atomic E-state index is 1.05. The van der Waals surface area contributed by atoms with Crippen LogP contribution >= 0.6 is 0 Å². The molecule has 1 heterocycles. The van der Waals surface area contributed by atoms with Gasteiger partial charge in [-0.15, -0.1) is 0 Å². The summed E-state index contributed by atoms with van der Waals surface area (Å²) >= 11 is 0. The highest BCUT2D eigenvalue weighted by atomic mass is 16.6. The fourth-order valence-corrected chi connectivity index (χ4v) is 1.18. The SMILES string of the molecule is CCc1ccc[n+](OC)c1C. The van der Waals surface area contributed by atoms with Crippen molar-refractivity contribution in [1.29, 1.82) is 0 Å². The summed E-state index contributed by atoms with van der Waals surface area (Å²) in [5.41, 5.74) is 2.51. The van der Waals surface area contributed by atoms with Crippen molar-refractivity contribution in [2.24, 2.45) is 0 Å². The second kappa shape index (κ2) is 3.37. The standard InChI is InChI=1S/C9H14NO/c1-4-9-6-5-7-10(11-3)8(9)2/h5-7H,4H2,1-3H3/q+1. The molecule has 1 aromatic rings. The van der Waals surface area contributed by atoms with Gasteiger partial charge in [-0.1, -0.05) is 6.92 Å². The number of aryl methyl sites for hydroxylation is 1.